The smallest absolute Gasteiger partial charge is 0.336 e. The van der Waals surface area contributed by atoms with Crippen molar-refractivity contribution < 1.29 is 24.2 Å². The van der Waals surface area contributed by atoms with Crippen LogP contribution in [0.3, 0.4) is 0 Å². The van der Waals surface area contributed by atoms with Crippen LogP contribution in [0.4, 0.5) is 5.69 Å². The Hall–Kier alpha value is -4.17. The molecule has 1 amide bonds. The number of carbonyl (C=O) groups is 2. The lowest BCUT2D eigenvalue weighted by Gasteiger charge is -2.17. The Labute approximate surface area is 201 Å². The highest BCUT2D eigenvalue weighted by molar-refractivity contribution is 6.08. The maximum absolute atomic E-state index is 12.3. The number of phenols is 1. The molecule has 2 aromatic carbocycles. The molecule has 1 aliphatic carbocycles. The van der Waals surface area contributed by atoms with Crippen molar-refractivity contribution in [2.75, 3.05) is 11.9 Å². The van der Waals surface area contributed by atoms with Crippen LogP contribution in [0.1, 0.15) is 42.5 Å². The molecule has 1 aliphatic heterocycles. The number of hydrogen-bond donors (Lipinski definition) is 4. The molecule has 4 rings (SSSR count). The predicted molar refractivity (Wildman–Crippen MR) is 134 cm³/mol. The normalized spacial score (nSPS) is 11.1. The second-order valence-electron chi connectivity index (χ2n) is 8.38. The highest BCUT2D eigenvalue weighted by Crippen LogP contribution is 2.42. The fourth-order valence-electron chi connectivity index (χ4n) is 4.17. The average Bonchev–Trinajstić information content (AvgIpc) is 2.82. The minimum absolute atomic E-state index is 0.0150. The lowest BCUT2D eigenvalue weighted by atomic mass is 9.90. The number of rotatable bonds is 9. The van der Waals surface area contributed by atoms with Gasteiger partial charge < -0.3 is 25.7 Å². The van der Waals surface area contributed by atoms with Gasteiger partial charge in [0.1, 0.15) is 17.1 Å². The highest BCUT2D eigenvalue weighted by atomic mass is 16.4. The predicted octanol–water partition coefficient (Wildman–Crippen LogP) is 4.82. The number of aromatic hydroxyl groups is 1. The van der Waals surface area contributed by atoms with Crippen LogP contribution in [-0.2, 0) is 4.79 Å². The molecule has 0 aromatic heterocycles. The van der Waals surface area contributed by atoms with E-state index in [0.29, 0.717) is 46.3 Å². The number of nitrogens with two attached hydrogens (primary N) is 1. The zero-order valence-electron chi connectivity index (χ0n) is 19.0. The molecule has 0 saturated heterocycles. The van der Waals surface area contributed by atoms with E-state index in [0.717, 1.165) is 25.7 Å². The summed E-state index contributed by atoms with van der Waals surface area (Å²) < 4.78 is 5.84. The van der Waals surface area contributed by atoms with Crippen LogP contribution in [0.2, 0.25) is 0 Å². The first-order valence-electron chi connectivity index (χ1n) is 11.4. The van der Waals surface area contributed by atoms with Crippen molar-refractivity contribution in [1.82, 2.24) is 0 Å². The molecule has 2 aromatic rings. The first-order valence-corrected chi connectivity index (χ1v) is 11.4. The van der Waals surface area contributed by atoms with Crippen molar-refractivity contribution in [1.29, 1.82) is 0 Å². The molecule has 0 radical (unpaired) electrons. The van der Waals surface area contributed by atoms with Crippen LogP contribution in [0.15, 0.2) is 63.8 Å². The number of benzene rings is 3. The molecule has 0 unspecified atom stereocenters. The Morgan fingerprint density at radius 3 is 2.46 bits per heavy atom. The van der Waals surface area contributed by atoms with Gasteiger partial charge in [0.15, 0.2) is 5.43 Å². The van der Waals surface area contributed by atoms with Gasteiger partial charge in [-0.05, 0) is 61.3 Å². The van der Waals surface area contributed by atoms with E-state index >= 15 is 0 Å². The van der Waals surface area contributed by atoms with E-state index in [1.807, 2.05) is 0 Å². The van der Waals surface area contributed by atoms with E-state index in [9.17, 15) is 24.6 Å². The molecule has 0 atom stereocenters. The molecule has 0 bridgehead atoms. The van der Waals surface area contributed by atoms with E-state index in [2.05, 4.69) is 5.32 Å². The quantitative estimate of drug-likeness (QED) is 0.201. The lowest BCUT2D eigenvalue weighted by Crippen LogP contribution is -2.12. The molecule has 8 heteroatoms. The van der Waals surface area contributed by atoms with Crippen LogP contribution >= 0.6 is 0 Å². The Morgan fingerprint density at radius 1 is 0.914 bits per heavy atom. The Bertz CT molecular complexity index is 1430. The third-order valence-corrected chi connectivity index (χ3v) is 5.84. The van der Waals surface area contributed by atoms with Crippen LogP contribution in [-0.4, -0.2) is 28.6 Å². The monoisotopic (exact) mass is 474 g/mol. The zero-order chi connectivity index (χ0) is 24.9. The average molecular weight is 475 g/mol. The standard InChI is InChI=1S/C27H26N2O6/c28-12-4-2-1-3-5-25(32)29-16-6-9-19(22(13-16)27(33)34)26-20-10-7-17(30)14-23(20)35-24-15-18(31)8-11-21(24)26/h6-11,13-15,30H,1-5,12,28H2,(H,29,32)(H,33,34). The maximum Gasteiger partial charge on any atom is 0.336 e. The lowest BCUT2D eigenvalue weighted by molar-refractivity contribution is -0.116. The van der Waals surface area contributed by atoms with Gasteiger partial charge in [-0.25, -0.2) is 4.79 Å². The minimum Gasteiger partial charge on any atom is -0.508 e. The van der Waals surface area contributed by atoms with Crippen molar-refractivity contribution in [2.45, 2.75) is 32.1 Å². The van der Waals surface area contributed by atoms with Crippen molar-refractivity contribution in [3.63, 3.8) is 0 Å². The van der Waals surface area contributed by atoms with Crippen LogP contribution in [0.25, 0.3) is 33.4 Å². The molecular weight excluding hydrogens is 448 g/mol. The molecule has 8 nitrogen and oxygen atoms in total. The Morgan fingerprint density at radius 2 is 1.69 bits per heavy atom. The number of amides is 1. The van der Waals surface area contributed by atoms with E-state index in [1.165, 1.54) is 30.3 Å². The number of aromatic carboxylic acids is 1. The number of anilines is 1. The molecule has 0 saturated carbocycles. The molecule has 0 spiro atoms. The van der Waals surface area contributed by atoms with Gasteiger partial charge in [0, 0.05) is 40.8 Å². The number of carboxylic acid groups (broad SMARTS) is 1. The summed E-state index contributed by atoms with van der Waals surface area (Å²) in [5, 5.41) is 23.3. The van der Waals surface area contributed by atoms with Crippen LogP contribution in [0, 0.1) is 0 Å². The van der Waals surface area contributed by atoms with E-state index < -0.39 is 5.97 Å². The van der Waals surface area contributed by atoms with Gasteiger partial charge in [-0.1, -0.05) is 18.9 Å². The summed E-state index contributed by atoms with van der Waals surface area (Å²) in [6, 6.07) is 13.5. The maximum atomic E-state index is 12.3. The number of nitrogens with one attached hydrogen (secondary N) is 1. The summed E-state index contributed by atoms with van der Waals surface area (Å²) in [6.07, 6.45) is 3.88. The largest absolute Gasteiger partial charge is 0.508 e. The van der Waals surface area contributed by atoms with Gasteiger partial charge in [-0.2, -0.15) is 0 Å². The van der Waals surface area contributed by atoms with Gasteiger partial charge in [-0.3, -0.25) is 9.59 Å². The van der Waals surface area contributed by atoms with Gasteiger partial charge in [0.05, 0.1) is 5.56 Å². The van der Waals surface area contributed by atoms with Crippen molar-refractivity contribution in [3.8, 4) is 28.2 Å². The summed E-state index contributed by atoms with van der Waals surface area (Å²) >= 11 is 0. The molecule has 2 aliphatic rings. The number of carbonyl (C=O) groups excluding carboxylic acids is 1. The highest BCUT2D eigenvalue weighted by Gasteiger charge is 2.22. The molecule has 0 fully saturated rings. The Balaban J connectivity index is 1.74. The van der Waals surface area contributed by atoms with Gasteiger partial charge >= 0.3 is 5.97 Å². The molecule has 1 heterocycles. The number of carboxylic acids is 1. The van der Waals surface area contributed by atoms with Gasteiger partial charge in [0.2, 0.25) is 5.91 Å². The molecule has 35 heavy (non-hydrogen) atoms. The van der Waals surface area contributed by atoms with Gasteiger partial charge in [0.25, 0.3) is 0 Å². The number of hydrogen-bond acceptors (Lipinski definition) is 6. The molecular formula is C27H26N2O6. The minimum atomic E-state index is -1.17. The third-order valence-electron chi connectivity index (χ3n) is 5.84. The van der Waals surface area contributed by atoms with Crippen LogP contribution < -0.4 is 16.5 Å². The number of phenolic OH excluding ortho intramolecular Hbond substituents is 1. The zero-order valence-corrected chi connectivity index (χ0v) is 19.0. The summed E-state index contributed by atoms with van der Waals surface area (Å²) in [5.74, 6) is -1.10. The summed E-state index contributed by atoms with van der Waals surface area (Å²) in [4.78, 5) is 36.5. The van der Waals surface area contributed by atoms with Gasteiger partial charge in [-0.15, -0.1) is 0 Å². The summed E-state index contributed by atoms with van der Waals surface area (Å²) in [6.45, 7) is 0.635. The van der Waals surface area contributed by atoms with E-state index in [4.69, 9.17) is 10.2 Å². The first kappa shape index (κ1) is 24.0. The second kappa shape index (κ2) is 10.4. The second-order valence-corrected chi connectivity index (χ2v) is 8.38. The van der Waals surface area contributed by atoms with Crippen molar-refractivity contribution in [3.05, 3.63) is 70.4 Å². The van der Waals surface area contributed by atoms with E-state index in [1.54, 1.807) is 24.3 Å². The number of fused-ring (bicyclic) bond motifs is 2. The Kier molecular flexibility index (Phi) is 7.12. The van der Waals surface area contributed by atoms with E-state index in [-0.39, 0.29) is 28.4 Å². The van der Waals surface area contributed by atoms with Crippen molar-refractivity contribution in [2.24, 2.45) is 5.73 Å². The van der Waals surface area contributed by atoms with Crippen LogP contribution in [0.5, 0.6) is 5.75 Å². The number of unbranched alkanes of at least 4 members (excludes halogenated alkanes) is 3. The fraction of sp³-hybridized carbons (Fsp3) is 0.222. The van der Waals surface area contributed by atoms with Crippen molar-refractivity contribution >= 4 is 28.5 Å². The topological polar surface area (TPSA) is 143 Å². The fourth-order valence-corrected chi connectivity index (χ4v) is 4.17. The summed E-state index contributed by atoms with van der Waals surface area (Å²) in [7, 11) is 0. The third kappa shape index (κ3) is 5.33. The first-order chi connectivity index (χ1) is 16.9. The molecule has 5 N–H and O–H groups in total. The SMILES string of the molecule is NCCCCCCC(=O)Nc1ccc(-c2c3ccc(=O)cc-3oc3cc(O)ccc23)c(C(=O)O)c1. The summed E-state index contributed by atoms with van der Waals surface area (Å²) in [5.41, 5.74) is 7.40. The molecule has 180 valence electrons.